The molecule has 0 unspecified atom stereocenters. The largest absolute Gasteiger partial charge is 0.488 e. The average Bonchev–Trinajstić information content (AvgIpc) is 2.93. The minimum atomic E-state index is -0.785. The van der Waals surface area contributed by atoms with Gasteiger partial charge >= 0.3 is 0 Å². The van der Waals surface area contributed by atoms with E-state index in [4.69, 9.17) is 4.74 Å². The first-order valence-corrected chi connectivity index (χ1v) is 8.75. The van der Waals surface area contributed by atoms with E-state index in [1.54, 1.807) is 6.33 Å². The number of hydrogen-bond acceptors (Lipinski definition) is 4. The van der Waals surface area contributed by atoms with E-state index in [0.29, 0.717) is 19.5 Å². The van der Waals surface area contributed by atoms with Gasteiger partial charge in [0.15, 0.2) is 0 Å². The Bertz CT molecular complexity index is 770. The van der Waals surface area contributed by atoms with Crippen molar-refractivity contribution in [2.75, 3.05) is 18.0 Å². The van der Waals surface area contributed by atoms with Gasteiger partial charge in [-0.15, -0.1) is 0 Å². The number of benzene rings is 1. The van der Waals surface area contributed by atoms with Crippen LogP contribution < -0.4 is 9.64 Å². The van der Waals surface area contributed by atoms with Gasteiger partial charge in [0.1, 0.15) is 29.7 Å². The highest BCUT2D eigenvalue weighted by Gasteiger charge is 2.26. The molecule has 0 bridgehead atoms. The summed E-state index contributed by atoms with van der Waals surface area (Å²) in [5.41, 5.74) is 3.81. The highest BCUT2D eigenvalue weighted by atomic mass is 19.1. The average molecular weight is 343 g/mol. The molecule has 134 valence electrons. The third-order valence-corrected chi connectivity index (χ3v) is 4.34. The number of nitrogens with zero attached hydrogens (tertiary/aromatic N) is 3. The molecule has 1 aromatic carbocycles. The Morgan fingerprint density at radius 1 is 1.20 bits per heavy atom. The lowest BCUT2D eigenvalue weighted by Gasteiger charge is -2.24. The molecule has 1 aromatic heterocycles. The predicted molar refractivity (Wildman–Crippen MR) is 99.0 cm³/mol. The first-order chi connectivity index (χ1) is 11.7. The topological polar surface area (TPSA) is 38.3 Å². The van der Waals surface area contributed by atoms with Crippen molar-refractivity contribution in [3.63, 3.8) is 0 Å². The van der Waals surface area contributed by atoms with Gasteiger partial charge in [0, 0.05) is 12.1 Å². The van der Waals surface area contributed by atoms with Crippen LogP contribution in [-0.4, -0.2) is 34.8 Å². The summed E-state index contributed by atoms with van der Waals surface area (Å²) in [6.45, 7) is 11.2. The SMILES string of the molecule is Cc1cc(OC(C)(C)C)ccc1-c1c(C)ncnc1N1CC[C@H](F)C1. The second kappa shape index (κ2) is 6.62. The number of anilines is 1. The molecule has 0 aliphatic carbocycles. The van der Waals surface area contributed by atoms with Crippen LogP contribution in [0.4, 0.5) is 10.2 Å². The number of ether oxygens (including phenoxy) is 1. The van der Waals surface area contributed by atoms with Crippen LogP contribution in [0.25, 0.3) is 11.1 Å². The second-order valence-corrected chi connectivity index (χ2v) is 7.68. The fourth-order valence-electron chi connectivity index (χ4n) is 3.26. The maximum atomic E-state index is 13.7. The van der Waals surface area contributed by atoms with Gasteiger partial charge in [0.05, 0.1) is 12.2 Å². The van der Waals surface area contributed by atoms with Crippen LogP contribution in [0.3, 0.4) is 0 Å². The van der Waals surface area contributed by atoms with E-state index in [9.17, 15) is 4.39 Å². The molecule has 1 fully saturated rings. The first kappa shape index (κ1) is 17.6. The summed E-state index contributed by atoms with van der Waals surface area (Å²) < 4.78 is 19.6. The van der Waals surface area contributed by atoms with Gasteiger partial charge in [-0.25, -0.2) is 14.4 Å². The van der Waals surface area contributed by atoms with Gasteiger partial charge in [0.2, 0.25) is 0 Å². The zero-order valence-electron chi connectivity index (χ0n) is 15.6. The van der Waals surface area contributed by atoms with Crippen LogP contribution in [0.2, 0.25) is 0 Å². The van der Waals surface area contributed by atoms with Crippen molar-refractivity contribution in [2.45, 2.75) is 52.8 Å². The lowest BCUT2D eigenvalue weighted by molar-refractivity contribution is 0.131. The summed E-state index contributed by atoms with van der Waals surface area (Å²) in [6.07, 6.45) is 1.33. The van der Waals surface area contributed by atoms with Crippen molar-refractivity contribution in [3.05, 3.63) is 35.8 Å². The van der Waals surface area contributed by atoms with E-state index in [1.807, 2.05) is 44.7 Å². The van der Waals surface area contributed by atoms with E-state index >= 15 is 0 Å². The Morgan fingerprint density at radius 2 is 1.96 bits per heavy atom. The molecule has 1 aliphatic heterocycles. The Hall–Kier alpha value is -2.17. The second-order valence-electron chi connectivity index (χ2n) is 7.68. The summed E-state index contributed by atoms with van der Waals surface area (Å²) >= 11 is 0. The molecule has 1 saturated heterocycles. The monoisotopic (exact) mass is 343 g/mol. The van der Waals surface area contributed by atoms with Gasteiger partial charge < -0.3 is 9.64 Å². The van der Waals surface area contributed by atoms with Crippen LogP contribution >= 0.6 is 0 Å². The summed E-state index contributed by atoms with van der Waals surface area (Å²) in [5, 5.41) is 0. The number of alkyl halides is 1. The summed E-state index contributed by atoms with van der Waals surface area (Å²) in [7, 11) is 0. The third kappa shape index (κ3) is 3.91. The molecule has 0 N–H and O–H groups in total. The lowest BCUT2D eigenvalue weighted by Crippen LogP contribution is -2.23. The van der Waals surface area contributed by atoms with Gasteiger partial charge in [-0.05, 0) is 64.3 Å². The standard InChI is InChI=1S/C20H26FN3O/c1-13-10-16(25-20(3,4)5)6-7-17(13)18-14(2)22-12-23-19(18)24-9-8-15(21)11-24/h6-7,10,12,15H,8-9,11H2,1-5H3/t15-/m0/s1. The van der Waals surface area contributed by atoms with Gasteiger partial charge in [-0.1, -0.05) is 6.07 Å². The molecule has 25 heavy (non-hydrogen) atoms. The van der Waals surface area contributed by atoms with Crippen molar-refractivity contribution < 1.29 is 9.13 Å². The highest BCUT2D eigenvalue weighted by molar-refractivity contribution is 5.80. The van der Waals surface area contributed by atoms with Crippen molar-refractivity contribution in [3.8, 4) is 16.9 Å². The smallest absolute Gasteiger partial charge is 0.140 e. The van der Waals surface area contributed by atoms with E-state index in [0.717, 1.165) is 34.0 Å². The maximum Gasteiger partial charge on any atom is 0.140 e. The Labute approximate surface area is 149 Å². The van der Waals surface area contributed by atoms with E-state index in [2.05, 4.69) is 23.0 Å². The molecule has 5 heteroatoms. The highest BCUT2D eigenvalue weighted by Crippen LogP contribution is 2.36. The molecule has 0 saturated carbocycles. The molecule has 2 heterocycles. The fraction of sp³-hybridized carbons (Fsp3) is 0.500. The van der Waals surface area contributed by atoms with E-state index in [-0.39, 0.29) is 5.60 Å². The lowest BCUT2D eigenvalue weighted by atomic mass is 9.99. The molecule has 0 spiro atoms. The Kier molecular flexibility index (Phi) is 4.67. The molecule has 0 radical (unpaired) electrons. The molecule has 4 nitrogen and oxygen atoms in total. The minimum Gasteiger partial charge on any atom is -0.488 e. The fourth-order valence-corrected chi connectivity index (χ4v) is 3.26. The normalized spacial score (nSPS) is 17.8. The van der Waals surface area contributed by atoms with Crippen LogP contribution in [0.15, 0.2) is 24.5 Å². The van der Waals surface area contributed by atoms with Gasteiger partial charge in [-0.2, -0.15) is 0 Å². The van der Waals surface area contributed by atoms with Crippen molar-refractivity contribution in [1.82, 2.24) is 9.97 Å². The maximum absolute atomic E-state index is 13.7. The van der Waals surface area contributed by atoms with Crippen LogP contribution in [0.1, 0.15) is 38.4 Å². The zero-order chi connectivity index (χ0) is 18.2. The molecule has 1 atom stereocenters. The predicted octanol–water partition coefficient (Wildman–Crippen LogP) is 4.49. The number of hydrogen-bond donors (Lipinski definition) is 0. The number of rotatable bonds is 3. The van der Waals surface area contributed by atoms with Crippen LogP contribution in [-0.2, 0) is 0 Å². The molecule has 2 aromatic rings. The molecule has 3 rings (SSSR count). The molecular formula is C20H26FN3O. The Morgan fingerprint density at radius 3 is 2.56 bits per heavy atom. The van der Waals surface area contributed by atoms with Crippen molar-refractivity contribution in [2.24, 2.45) is 0 Å². The van der Waals surface area contributed by atoms with E-state index in [1.165, 1.54) is 0 Å². The quantitative estimate of drug-likeness (QED) is 0.823. The van der Waals surface area contributed by atoms with Crippen LogP contribution in [0.5, 0.6) is 5.75 Å². The molecule has 0 amide bonds. The molecular weight excluding hydrogens is 317 g/mol. The minimum absolute atomic E-state index is 0.240. The Balaban J connectivity index is 2.02. The third-order valence-electron chi connectivity index (χ3n) is 4.34. The van der Waals surface area contributed by atoms with Crippen LogP contribution in [0, 0.1) is 13.8 Å². The summed E-state index contributed by atoms with van der Waals surface area (Å²) in [6, 6.07) is 6.07. The van der Waals surface area contributed by atoms with Crippen molar-refractivity contribution in [1.29, 1.82) is 0 Å². The number of halogens is 1. The first-order valence-electron chi connectivity index (χ1n) is 8.75. The number of aromatic nitrogens is 2. The zero-order valence-corrected chi connectivity index (χ0v) is 15.6. The number of aryl methyl sites for hydroxylation is 2. The van der Waals surface area contributed by atoms with Gasteiger partial charge in [-0.3, -0.25) is 0 Å². The summed E-state index contributed by atoms with van der Waals surface area (Å²) in [4.78, 5) is 10.9. The van der Waals surface area contributed by atoms with E-state index < -0.39 is 6.17 Å². The van der Waals surface area contributed by atoms with Gasteiger partial charge in [0.25, 0.3) is 0 Å². The summed E-state index contributed by atoms with van der Waals surface area (Å²) in [5.74, 6) is 1.66. The van der Waals surface area contributed by atoms with Crippen molar-refractivity contribution >= 4 is 5.82 Å². The molecule has 1 aliphatic rings.